The number of aromatic nitrogens is 3. The molecular weight excluding hydrogens is 432 g/mol. The van der Waals surface area contributed by atoms with E-state index in [2.05, 4.69) is 74.3 Å². The van der Waals surface area contributed by atoms with E-state index in [9.17, 15) is 4.79 Å². The molecule has 174 valence electrons. The molecule has 1 aromatic heterocycles. The Balaban J connectivity index is 1.28. The Kier molecular flexibility index (Phi) is 7.38. The molecule has 0 saturated carbocycles. The Morgan fingerprint density at radius 3 is 2.48 bits per heavy atom. The molecule has 1 saturated heterocycles. The number of ether oxygens (including phenoxy) is 1. The third kappa shape index (κ3) is 5.77. The molecule has 7 heteroatoms. The molecule has 1 aliphatic rings. The van der Waals surface area contributed by atoms with Crippen LogP contribution in [-0.2, 0) is 4.79 Å². The Hall–Kier alpha value is -2.80. The van der Waals surface area contributed by atoms with Crippen molar-refractivity contribution >= 4 is 17.7 Å². The van der Waals surface area contributed by atoms with Crippen molar-refractivity contribution in [3.63, 3.8) is 0 Å². The molecular formula is C26H32N4O2S. The van der Waals surface area contributed by atoms with Crippen LogP contribution in [0.2, 0.25) is 0 Å². The standard InChI is InChI=1S/C26H32N4O2S/c1-18(2)21-6-8-22(9-7-21)30-17-27-28-26(30)33-16-25(31)29-13-11-23(12-14-29)32-24-10-5-19(3)20(4)15-24/h5-10,15,17-18,23H,11-14,16H2,1-4H3. The summed E-state index contributed by atoms with van der Waals surface area (Å²) < 4.78 is 8.10. The second-order valence-corrected chi connectivity index (χ2v) is 9.90. The minimum atomic E-state index is 0.134. The van der Waals surface area contributed by atoms with E-state index in [1.165, 1.54) is 28.5 Å². The van der Waals surface area contributed by atoms with Gasteiger partial charge in [0.05, 0.1) is 5.75 Å². The average Bonchev–Trinajstić information content (AvgIpc) is 3.29. The molecule has 2 aromatic carbocycles. The summed E-state index contributed by atoms with van der Waals surface area (Å²) in [7, 11) is 0. The fourth-order valence-corrected chi connectivity index (χ4v) is 4.77. The van der Waals surface area contributed by atoms with E-state index < -0.39 is 0 Å². The molecule has 1 aliphatic heterocycles. The van der Waals surface area contributed by atoms with E-state index in [4.69, 9.17) is 4.74 Å². The van der Waals surface area contributed by atoms with Gasteiger partial charge < -0.3 is 9.64 Å². The molecule has 0 unspecified atom stereocenters. The third-order valence-corrected chi connectivity index (χ3v) is 7.18. The van der Waals surface area contributed by atoms with Crippen molar-refractivity contribution in [3.8, 4) is 11.4 Å². The number of hydrogen-bond acceptors (Lipinski definition) is 5. The van der Waals surface area contributed by atoms with Gasteiger partial charge in [-0.2, -0.15) is 0 Å². The van der Waals surface area contributed by atoms with Crippen molar-refractivity contribution in [3.05, 3.63) is 65.5 Å². The average molecular weight is 465 g/mol. The fourth-order valence-electron chi connectivity index (χ4n) is 3.94. The highest BCUT2D eigenvalue weighted by atomic mass is 32.2. The van der Waals surface area contributed by atoms with E-state index in [0.29, 0.717) is 11.7 Å². The van der Waals surface area contributed by atoms with Crippen LogP contribution >= 0.6 is 11.8 Å². The van der Waals surface area contributed by atoms with E-state index in [1.807, 2.05) is 15.5 Å². The highest BCUT2D eigenvalue weighted by Gasteiger charge is 2.24. The first-order valence-corrected chi connectivity index (χ1v) is 12.5. The topological polar surface area (TPSA) is 60.2 Å². The molecule has 0 radical (unpaired) electrons. The number of hydrogen-bond donors (Lipinski definition) is 0. The highest BCUT2D eigenvalue weighted by molar-refractivity contribution is 7.99. The number of aryl methyl sites for hydroxylation is 2. The van der Waals surface area contributed by atoms with Gasteiger partial charge >= 0.3 is 0 Å². The predicted molar refractivity (Wildman–Crippen MR) is 132 cm³/mol. The quantitative estimate of drug-likeness (QED) is 0.452. The van der Waals surface area contributed by atoms with Crippen LogP contribution in [0.25, 0.3) is 5.69 Å². The summed E-state index contributed by atoms with van der Waals surface area (Å²) in [5, 5.41) is 9.01. The van der Waals surface area contributed by atoms with Gasteiger partial charge in [-0.05, 0) is 60.7 Å². The smallest absolute Gasteiger partial charge is 0.233 e. The maximum Gasteiger partial charge on any atom is 0.233 e. The number of carbonyl (C=O) groups is 1. The van der Waals surface area contributed by atoms with Crippen molar-refractivity contribution in [1.82, 2.24) is 19.7 Å². The Labute approximate surface area is 200 Å². The number of nitrogens with zero attached hydrogens (tertiary/aromatic N) is 4. The Bertz CT molecular complexity index is 1090. The lowest BCUT2D eigenvalue weighted by atomic mass is 10.0. The maximum absolute atomic E-state index is 12.8. The van der Waals surface area contributed by atoms with Gasteiger partial charge in [-0.3, -0.25) is 9.36 Å². The van der Waals surface area contributed by atoms with Gasteiger partial charge in [-0.15, -0.1) is 10.2 Å². The largest absolute Gasteiger partial charge is 0.490 e. The molecule has 1 amide bonds. The first-order valence-electron chi connectivity index (χ1n) is 11.6. The number of likely N-dealkylation sites (tertiary alicyclic amines) is 1. The molecule has 6 nitrogen and oxygen atoms in total. The second kappa shape index (κ2) is 10.4. The molecule has 3 aromatic rings. The van der Waals surface area contributed by atoms with Crippen LogP contribution in [0, 0.1) is 13.8 Å². The number of thioether (sulfide) groups is 1. The third-order valence-electron chi connectivity index (χ3n) is 6.25. The lowest BCUT2D eigenvalue weighted by Gasteiger charge is -2.32. The lowest BCUT2D eigenvalue weighted by molar-refractivity contribution is -0.130. The zero-order valence-corrected chi connectivity index (χ0v) is 20.6. The molecule has 33 heavy (non-hydrogen) atoms. The van der Waals surface area contributed by atoms with Crippen molar-refractivity contribution in [2.75, 3.05) is 18.8 Å². The highest BCUT2D eigenvalue weighted by Crippen LogP contribution is 2.24. The van der Waals surface area contributed by atoms with Crippen molar-refractivity contribution < 1.29 is 9.53 Å². The minimum absolute atomic E-state index is 0.134. The molecule has 0 spiro atoms. The zero-order valence-electron chi connectivity index (χ0n) is 19.8. The summed E-state index contributed by atoms with van der Waals surface area (Å²) in [6, 6.07) is 14.6. The summed E-state index contributed by atoms with van der Waals surface area (Å²) >= 11 is 1.43. The monoisotopic (exact) mass is 464 g/mol. The molecule has 0 bridgehead atoms. The van der Waals surface area contributed by atoms with Gasteiger partial charge in [0.1, 0.15) is 18.2 Å². The van der Waals surface area contributed by atoms with Crippen molar-refractivity contribution in [2.45, 2.75) is 57.7 Å². The number of piperidine rings is 1. The number of carbonyl (C=O) groups excluding carboxylic acids is 1. The van der Waals surface area contributed by atoms with Gasteiger partial charge in [0.15, 0.2) is 5.16 Å². The fraction of sp³-hybridized carbons (Fsp3) is 0.423. The van der Waals surface area contributed by atoms with Gasteiger partial charge in [0.25, 0.3) is 0 Å². The van der Waals surface area contributed by atoms with Gasteiger partial charge in [-0.1, -0.05) is 43.8 Å². The van der Waals surface area contributed by atoms with Crippen LogP contribution in [0.3, 0.4) is 0 Å². The van der Waals surface area contributed by atoms with E-state index in [1.54, 1.807) is 6.33 Å². The SMILES string of the molecule is Cc1ccc(OC2CCN(C(=O)CSc3nncn3-c3ccc(C(C)C)cc3)CC2)cc1C. The number of benzene rings is 2. The lowest BCUT2D eigenvalue weighted by Crippen LogP contribution is -2.42. The summed E-state index contributed by atoms with van der Waals surface area (Å²) in [5.41, 5.74) is 4.80. The minimum Gasteiger partial charge on any atom is -0.490 e. The molecule has 0 atom stereocenters. The van der Waals surface area contributed by atoms with Crippen LogP contribution in [0.4, 0.5) is 0 Å². The van der Waals surface area contributed by atoms with Crippen molar-refractivity contribution in [1.29, 1.82) is 0 Å². The summed E-state index contributed by atoms with van der Waals surface area (Å²) in [5.74, 6) is 1.89. The van der Waals surface area contributed by atoms with Gasteiger partial charge in [-0.25, -0.2) is 0 Å². The summed E-state index contributed by atoms with van der Waals surface area (Å²) in [6.45, 7) is 10.0. The van der Waals surface area contributed by atoms with E-state index in [0.717, 1.165) is 42.5 Å². The van der Waals surface area contributed by atoms with Crippen LogP contribution in [-0.4, -0.2) is 50.5 Å². The van der Waals surface area contributed by atoms with Crippen LogP contribution in [0.15, 0.2) is 53.9 Å². The first kappa shape index (κ1) is 23.4. The van der Waals surface area contributed by atoms with Gasteiger partial charge in [0.2, 0.25) is 5.91 Å². The Morgan fingerprint density at radius 1 is 1.09 bits per heavy atom. The molecule has 4 rings (SSSR count). The number of amides is 1. The van der Waals surface area contributed by atoms with Crippen LogP contribution in [0.1, 0.15) is 49.3 Å². The normalized spacial score (nSPS) is 14.6. The summed E-state index contributed by atoms with van der Waals surface area (Å²) in [4.78, 5) is 14.8. The molecule has 0 N–H and O–H groups in total. The molecule has 0 aliphatic carbocycles. The Morgan fingerprint density at radius 2 is 1.82 bits per heavy atom. The summed E-state index contributed by atoms with van der Waals surface area (Å²) in [6.07, 6.45) is 3.55. The number of rotatable bonds is 7. The van der Waals surface area contributed by atoms with E-state index in [-0.39, 0.29) is 12.0 Å². The van der Waals surface area contributed by atoms with Gasteiger partial charge in [0, 0.05) is 31.6 Å². The van der Waals surface area contributed by atoms with E-state index >= 15 is 0 Å². The molecule has 2 heterocycles. The molecule has 1 fully saturated rings. The van der Waals surface area contributed by atoms with Crippen LogP contribution in [0.5, 0.6) is 5.75 Å². The zero-order chi connectivity index (χ0) is 23.4. The van der Waals surface area contributed by atoms with Crippen molar-refractivity contribution in [2.24, 2.45) is 0 Å². The first-order chi connectivity index (χ1) is 15.9. The second-order valence-electron chi connectivity index (χ2n) is 8.96. The predicted octanol–water partition coefficient (Wildman–Crippen LogP) is 5.17. The maximum atomic E-state index is 12.8. The van der Waals surface area contributed by atoms with Crippen LogP contribution < -0.4 is 4.74 Å².